The predicted molar refractivity (Wildman–Crippen MR) is 124 cm³/mol. The standard InChI is InChI=1S/C24H35N3O6/c1-23(2,3)33-22(31)26-18(15-28)12-24(4,5)13-20(29)27-14-17(25-21(30)32-6)11-16-9-7-8-10-19(16)27/h7-10,15,17-18H,11-14H2,1-6H3,(H,25,30)(H,26,31)/t17?,18-/m0/s1. The maximum atomic E-state index is 13.3. The summed E-state index contributed by atoms with van der Waals surface area (Å²) in [4.78, 5) is 50.4. The molecule has 2 rings (SSSR count). The molecule has 1 aliphatic heterocycles. The number of anilines is 1. The second-order valence-corrected chi connectivity index (χ2v) is 10.1. The van der Waals surface area contributed by atoms with Crippen LogP contribution in [-0.2, 0) is 25.5 Å². The molecule has 0 saturated carbocycles. The monoisotopic (exact) mass is 461 g/mol. The first-order valence-electron chi connectivity index (χ1n) is 11.0. The molecule has 9 nitrogen and oxygen atoms in total. The first-order valence-corrected chi connectivity index (χ1v) is 11.0. The third-order valence-electron chi connectivity index (χ3n) is 5.23. The number of aldehydes is 1. The molecule has 1 aromatic carbocycles. The Bertz CT molecular complexity index is 877. The summed E-state index contributed by atoms with van der Waals surface area (Å²) < 4.78 is 9.93. The third-order valence-corrected chi connectivity index (χ3v) is 5.23. The van der Waals surface area contributed by atoms with E-state index >= 15 is 0 Å². The highest BCUT2D eigenvalue weighted by Crippen LogP contribution is 2.32. The number of nitrogens with zero attached hydrogens (tertiary/aromatic N) is 1. The number of fused-ring (bicyclic) bond motifs is 1. The second-order valence-electron chi connectivity index (χ2n) is 10.1. The van der Waals surface area contributed by atoms with E-state index in [1.165, 1.54) is 7.11 Å². The number of alkyl carbamates (subject to hydrolysis) is 2. The van der Waals surface area contributed by atoms with Crippen LogP contribution in [0.5, 0.6) is 0 Å². The topological polar surface area (TPSA) is 114 Å². The van der Waals surface area contributed by atoms with Gasteiger partial charge in [0.2, 0.25) is 5.91 Å². The Balaban J connectivity index is 2.10. The smallest absolute Gasteiger partial charge is 0.408 e. The normalized spacial score (nSPS) is 16.8. The van der Waals surface area contributed by atoms with Crippen LogP contribution in [0.1, 0.15) is 53.0 Å². The van der Waals surface area contributed by atoms with E-state index in [4.69, 9.17) is 9.47 Å². The minimum atomic E-state index is -0.787. The number of nitrogens with one attached hydrogen (secondary N) is 2. The van der Waals surface area contributed by atoms with Gasteiger partial charge in [0.15, 0.2) is 0 Å². The van der Waals surface area contributed by atoms with Crippen molar-refractivity contribution >= 4 is 30.1 Å². The fourth-order valence-corrected chi connectivity index (χ4v) is 3.92. The van der Waals surface area contributed by atoms with Crippen molar-refractivity contribution in [1.29, 1.82) is 0 Å². The molecule has 0 saturated heterocycles. The molecule has 0 radical (unpaired) electrons. The van der Waals surface area contributed by atoms with E-state index in [2.05, 4.69) is 10.6 Å². The van der Waals surface area contributed by atoms with Crippen molar-refractivity contribution in [2.45, 2.75) is 71.6 Å². The molecule has 1 aliphatic rings. The molecule has 0 aromatic heterocycles. The Morgan fingerprint density at radius 3 is 2.42 bits per heavy atom. The van der Waals surface area contributed by atoms with Gasteiger partial charge in [0.25, 0.3) is 0 Å². The van der Waals surface area contributed by atoms with Crippen molar-refractivity contribution in [3.05, 3.63) is 29.8 Å². The minimum Gasteiger partial charge on any atom is -0.453 e. The van der Waals surface area contributed by atoms with Gasteiger partial charge in [0.1, 0.15) is 11.9 Å². The largest absolute Gasteiger partial charge is 0.453 e. The molecule has 0 bridgehead atoms. The molecule has 33 heavy (non-hydrogen) atoms. The highest BCUT2D eigenvalue weighted by atomic mass is 16.6. The van der Waals surface area contributed by atoms with Gasteiger partial charge in [-0.25, -0.2) is 9.59 Å². The molecule has 3 amide bonds. The Kier molecular flexibility index (Phi) is 8.46. The number of para-hydroxylation sites is 1. The van der Waals surface area contributed by atoms with Crippen molar-refractivity contribution in [1.82, 2.24) is 10.6 Å². The highest BCUT2D eigenvalue weighted by Gasteiger charge is 2.34. The zero-order valence-electron chi connectivity index (χ0n) is 20.3. The lowest BCUT2D eigenvalue weighted by Gasteiger charge is -2.37. The van der Waals surface area contributed by atoms with E-state index in [1.807, 2.05) is 38.1 Å². The lowest BCUT2D eigenvalue weighted by atomic mass is 9.82. The molecule has 2 atom stereocenters. The summed E-state index contributed by atoms with van der Waals surface area (Å²) in [7, 11) is 1.30. The number of methoxy groups -OCH3 is 1. The summed E-state index contributed by atoms with van der Waals surface area (Å²) >= 11 is 0. The van der Waals surface area contributed by atoms with Crippen molar-refractivity contribution in [3.63, 3.8) is 0 Å². The number of benzene rings is 1. The third kappa shape index (κ3) is 8.07. The van der Waals surface area contributed by atoms with E-state index in [1.54, 1.807) is 25.7 Å². The lowest BCUT2D eigenvalue weighted by molar-refractivity contribution is -0.121. The quantitative estimate of drug-likeness (QED) is 0.603. The molecular formula is C24H35N3O6. The number of hydrogen-bond donors (Lipinski definition) is 2. The SMILES string of the molecule is COC(=O)NC1Cc2ccccc2N(C(=O)CC(C)(C)C[C@@H](C=O)NC(=O)OC(C)(C)C)C1. The van der Waals surface area contributed by atoms with Gasteiger partial charge >= 0.3 is 12.2 Å². The van der Waals surface area contributed by atoms with Crippen LogP contribution < -0.4 is 15.5 Å². The molecule has 0 spiro atoms. The van der Waals surface area contributed by atoms with Gasteiger partial charge in [-0.05, 0) is 50.7 Å². The Morgan fingerprint density at radius 1 is 1.15 bits per heavy atom. The van der Waals surface area contributed by atoms with Gasteiger partial charge in [0.05, 0.1) is 19.2 Å². The highest BCUT2D eigenvalue weighted by molar-refractivity contribution is 5.95. The van der Waals surface area contributed by atoms with E-state index < -0.39 is 29.2 Å². The van der Waals surface area contributed by atoms with E-state index in [-0.39, 0.29) is 24.8 Å². The molecule has 1 unspecified atom stereocenters. The Labute approximate surface area is 195 Å². The summed E-state index contributed by atoms with van der Waals surface area (Å²) in [6, 6.07) is 6.50. The second kappa shape index (κ2) is 10.7. The summed E-state index contributed by atoms with van der Waals surface area (Å²) in [5.41, 5.74) is 0.489. The Hall–Kier alpha value is -3.10. The fraction of sp³-hybridized carbons (Fsp3) is 0.583. The zero-order valence-corrected chi connectivity index (χ0v) is 20.3. The van der Waals surface area contributed by atoms with Crippen molar-refractivity contribution < 1.29 is 28.7 Å². The summed E-state index contributed by atoms with van der Waals surface area (Å²) in [6.45, 7) is 9.28. The van der Waals surface area contributed by atoms with E-state index in [0.717, 1.165) is 11.3 Å². The van der Waals surface area contributed by atoms with Gasteiger partial charge in [-0.1, -0.05) is 32.0 Å². The minimum absolute atomic E-state index is 0.134. The number of carbonyl (C=O) groups excluding carboxylic acids is 4. The maximum Gasteiger partial charge on any atom is 0.408 e. The predicted octanol–water partition coefficient (Wildman–Crippen LogP) is 3.20. The molecule has 1 heterocycles. The van der Waals surface area contributed by atoms with Crippen molar-refractivity contribution in [2.24, 2.45) is 5.41 Å². The first kappa shape index (κ1) is 26.2. The number of rotatable bonds is 7. The van der Waals surface area contributed by atoms with E-state index in [9.17, 15) is 19.2 Å². The number of carbonyl (C=O) groups is 4. The number of amides is 3. The van der Waals surface area contributed by atoms with Crippen LogP contribution >= 0.6 is 0 Å². The van der Waals surface area contributed by atoms with E-state index in [0.29, 0.717) is 19.3 Å². The van der Waals surface area contributed by atoms with Gasteiger partial charge in [-0.15, -0.1) is 0 Å². The molecule has 182 valence electrons. The lowest BCUT2D eigenvalue weighted by Crippen LogP contribution is -2.51. The fourth-order valence-electron chi connectivity index (χ4n) is 3.92. The Morgan fingerprint density at radius 2 is 1.82 bits per heavy atom. The van der Waals surface area contributed by atoms with Crippen LogP contribution in [0.25, 0.3) is 0 Å². The number of ether oxygens (including phenoxy) is 2. The van der Waals surface area contributed by atoms with Crippen LogP contribution in [0.3, 0.4) is 0 Å². The first-order chi connectivity index (χ1) is 15.3. The van der Waals surface area contributed by atoms with Crippen LogP contribution in [0.15, 0.2) is 24.3 Å². The maximum absolute atomic E-state index is 13.3. The molecule has 9 heteroatoms. The molecular weight excluding hydrogens is 426 g/mol. The number of hydrogen-bond acceptors (Lipinski definition) is 6. The van der Waals surface area contributed by atoms with Gasteiger partial charge in [-0.3, -0.25) is 4.79 Å². The van der Waals surface area contributed by atoms with Gasteiger partial charge in [0, 0.05) is 18.7 Å². The van der Waals surface area contributed by atoms with Crippen molar-refractivity contribution in [2.75, 3.05) is 18.6 Å². The molecule has 0 aliphatic carbocycles. The van der Waals surface area contributed by atoms with Crippen LogP contribution in [0.2, 0.25) is 0 Å². The van der Waals surface area contributed by atoms with Gasteiger partial charge < -0.3 is 29.8 Å². The molecule has 0 fully saturated rings. The summed E-state index contributed by atoms with van der Waals surface area (Å²) in [5, 5.41) is 5.34. The van der Waals surface area contributed by atoms with Crippen LogP contribution in [0, 0.1) is 5.41 Å². The average Bonchev–Trinajstić information content (AvgIpc) is 2.70. The van der Waals surface area contributed by atoms with Crippen LogP contribution in [-0.4, -0.2) is 55.7 Å². The van der Waals surface area contributed by atoms with Crippen molar-refractivity contribution in [3.8, 4) is 0 Å². The summed E-state index contributed by atoms with van der Waals surface area (Å²) in [5.74, 6) is -0.134. The average molecular weight is 462 g/mol. The van der Waals surface area contributed by atoms with Gasteiger partial charge in [-0.2, -0.15) is 0 Å². The van der Waals surface area contributed by atoms with Crippen LogP contribution in [0.4, 0.5) is 15.3 Å². The molecule has 1 aromatic rings. The zero-order chi connectivity index (χ0) is 24.8. The summed E-state index contributed by atoms with van der Waals surface area (Å²) in [6.07, 6.45) is 0.430. The molecule has 2 N–H and O–H groups in total.